The van der Waals surface area contributed by atoms with Crippen LogP contribution in [0.15, 0.2) is 28.9 Å². The number of nitrogens with two attached hydrogens (primary N) is 1. The molecule has 0 aliphatic carbocycles. The van der Waals surface area contributed by atoms with Crippen molar-refractivity contribution in [2.24, 2.45) is 0 Å². The van der Waals surface area contributed by atoms with Gasteiger partial charge in [-0.2, -0.15) is 0 Å². The molecule has 2 aromatic rings. The number of carbonyl (C=O) groups excluding carboxylic acids is 1. The number of pyridine rings is 1. The number of nitrogens with zero attached hydrogens (tertiary/aromatic N) is 1. The molecule has 1 aromatic carbocycles. The predicted octanol–water partition coefficient (Wildman–Crippen LogP) is 4.29. The summed E-state index contributed by atoms with van der Waals surface area (Å²) in [5, 5.41) is 3.17. The van der Waals surface area contributed by atoms with Gasteiger partial charge in [-0.15, -0.1) is 0 Å². The Balaban J connectivity index is 2.28. The molecule has 20 heavy (non-hydrogen) atoms. The van der Waals surface area contributed by atoms with Gasteiger partial charge in [-0.3, -0.25) is 4.79 Å². The lowest BCUT2D eigenvalue weighted by Crippen LogP contribution is -2.14. The van der Waals surface area contributed by atoms with Gasteiger partial charge < -0.3 is 11.1 Å². The molecule has 0 aliphatic heterocycles. The van der Waals surface area contributed by atoms with Crippen molar-refractivity contribution in [3.8, 4) is 0 Å². The van der Waals surface area contributed by atoms with Crippen LogP contribution in [-0.4, -0.2) is 10.9 Å². The molecule has 0 saturated carbocycles. The third-order valence-electron chi connectivity index (χ3n) is 2.60. The van der Waals surface area contributed by atoms with Gasteiger partial charge in [-0.05, 0) is 46.6 Å². The van der Waals surface area contributed by atoms with Gasteiger partial charge in [0.2, 0.25) is 0 Å². The first-order chi connectivity index (χ1) is 9.38. The average Bonchev–Trinajstić information content (AvgIpc) is 2.38. The maximum absolute atomic E-state index is 12.1. The van der Waals surface area contributed by atoms with E-state index in [1.807, 2.05) is 13.0 Å². The van der Waals surface area contributed by atoms with E-state index in [9.17, 15) is 4.79 Å². The second-order valence-electron chi connectivity index (χ2n) is 4.13. The number of benzene rings is 1. The predicted molar refractivity (Wildman–Crippen MR) is 85.5 cm³/mol. The van der Waals surface area contributed by atoms with Gasteiger partial charge in [0.15, 0.2) is 0 Å². The van der Waals surface area contributed by atoms with Crippen molar-refractivity contribution in [2.75, 3.05) is 11.1 Å². The Kier molecular flexibility index (Phi) is 4.52. The number of rotatable bonds is 2. The zero-order valence-corrected chi connectivity index (χ0v) is 13.5. The fourth-order valence-corrected chi connectivity index (χ4v) is 2.37. The van der Waals surface area contributed by atoms with Crippen LogP contribution in [0.4, 0.5) is 11.5 Å². The fraction of sp³-hybridized carbons (Fsp3) is 0.0769. The van der Waals surface area contributed by atoms with Crippen molar-refractivity contribution >= 4 is 56.5 Å². The van der Waals surface area contributed by atoms with E-state index < -0.39 is 0 Å². The standard InChI is InChI=1S/C13H10BrCl2N3O/c1-6-2-8(14)5-18-12(6)19-13(20)7-3-9(15)11(16)10(17)4-7/h2-5H,17H2,1H3,(H,18,19,20). The number of hydrogen-bond acceptors (Lipinski definition) is 3. The van der Waals surface area contributed by atoms with Crippen molar-refractivity contribution in [2.45, 2.75) is 6.92 Å². The quantitative estimate of drug-likeness (QED) is 0.770. The Morgan fingerprint density at radius 2 is 2.05 bits per heavy atom. The van der Waals surface area contributed by atoms with E-state index in [4.69, 9.17) is 28.9 Å². The number of nitrogens with one attached hydrogen (secondary N) is 1. The Hall–Kier alpha value is -1.30. The number of aromatic nitrogens is 1. The summed E-state index contributed by atoms with van der Waals surface area (Å²) in [6.07, 6.45) is 1.60. The maximum Gasteiger partial charge on any atom is 0.256 e. The van der Waals surface area contributed by atoms with E-state index in [0.29, 0.717) is 11.4 Å². The van der Waals surface area contributed by atoms with Crippen molar-refractivity contribution in [1.29, 1.82) is 0 Å². The van der Waals surface area contributed by atoms with E-state index >= 15 is 0 Å². The van der Waals surface area contributed by atoms with Crippen LogP contribution in [0.1, 0.15) is 15.9 Å². The van der Waals surface area contributed by atoms with Crippen LogP contribution in [0, 0.1) is 6.92 Å². The number of halogens is 3. The molecule has 0 atom stereocenters. The fourth-order valence-electron chi connectivity index (χ4n) is 1.59. The number of aryl methyl sites for hydroxylation is 1. The van der Waals surface area contributed by atoms with Crippen molar-refractivity contribution in [1.82, 2.24) is 4.98 Å². The molecule has 0 unspecified atom stereocenters. The van der Waals surface area contributed by atoms with Crippen LogP contribution in [0.5, 0.6) is 0 Å². The van der Waals surface area contributed by atoms with Gasteiger partial charge in [0.05, 0.1) is 15.7 Å². The molecule has 3 N–H and O–H groups in total. The third-order valence-corrected chi connectivity index (χ3v) is 3.85. The number of carbonyl (C=O) groups is 1. The van der Waals surface area contributed by atoms with Gasteiger partial charge in [0, 0.05) is 16.2 Å². The highest BCUT2D eigenvalue weighted by molar-refractivity contribution is 9.10. The topological polar surface area (TPSA) is 68.0 Å². The average molecular weight is 375 g/mol. The lowest BCUT2D eigenvalue weighted by Gasteiger charge is -2.09. The zero-order valence-electron chi connectivity index (χ0n) is 10.4. The van der Waals surface area contributed by atoms with Gasteiger partial charge >= 0.3 is 0 Å². The Labute approximate surface area is 134 Å². The SMILES string of the molecule is Cc1cc(Br)cnc1NC(=O)c1cc(N)c(Cl)c(Cl)c1. The molecule has 0 aliphatic rings. The molecule has 7 heteroatoms. The minimum atomic E-state index is -0.354. The Bertz CT molecular complexity index is 668. The molecule has 2 rings (SSSR count). The molecule has 0 spiro atoms. The van der Waals surface area contributed by atoms with Gasteiger partial charge in [-0.25, -0.2) is 4.98 Å². The first-order valence-corrected chi connectivity index (χ1v) is 7.11. The molecular formula is C13H10BrCl2N3O. The summed E-state index contributed by atoms with van der Waals surface area (Å²) < 4.78 is 0.840. The lowest BCUT2D eigenvalue weighted by atomic mass is 10.2. The smallest absolute Gasteiger partial charge is 0.256 e. The lowest BCUT2D eigenvalue weighted by molar-refractivity contribution is 0.102. The molecule has 1 aromatic heterocycles. The van der Waals surface area contributed by atoms with Gasteiger partial charge in [0.25, 0.3) is 5.91 Å². The number of nitrogen functional groups attached to an aromatic ring is 1. The van der Waals surface area contributed by atoms with E-state index in [1.54, 1.807) is 6.20 Å². The van der Waals surface area contributed by atoms with Gasteiger partial charge in [-0.1, -0.05) is 23.2 Å². The Morgan fingerprint density at radius 3 is 2.65 bits per heavy atom. The second kappa shape index (κ2) is 5.99. The summed E-state index contributed by atoms with van der Waals surface area (Å²) in [5.41, 5.74) is 7.09. The third kappa shape index (κ3) is 3.23. The minimum absolute atomic E-state index is 0.234. The number of anilines is 2. The summed E-state index contributed by atoms with van der Waals surface area (Å²) in [6, 6.07) is 4.79. The van der Waals surface area contributed by atoms with E-state index in [0.717, 1.165) is 10.0 Å². The summed E-state index contributed by atoms with van der Waals surface area (Å²) in [6.45, 7) is 1.84. The molecule has 4 nitrogen and oxygen atoms in total. The zero-order chi connectivity index (χ0) is 14.9. The van der Waals surface area contributed by atoms with Crippen LogP contribution in [-0.2, 0) is 0 Å². The molecule has 0 saturated heterocycles. The van der Waals surface area contributed by atoms with Crippen LogP contribution < -0.4 is 11.1 Å². The Morgan fingerprint density at radius 1 is 1.35 bits per heavy atom. The summed E-state index contributed by atoms with van der Waals surface area (Å²) in [4.78, 5) is 16.3. The van der Waals surface area contributed by atoms with Crippen LogP contribution >= 0.6 is 39.1 Å². The highest BCUT2D eigenvalue weighted by Gasteiger charge is 2.13. The van der Waals surface area contributed by atoms with E-state index in [2.05, 4.69) is 26.2 Å². The molecule has 1 heterocycles. The number of hydrogen-bond donors (Lipinski definition) is 2. The molecule has 0 fully saturated rings. The van der Waals surface area contributed by atoms with E-state index in [1.165, 1.54) is 12.1 Å². The number of amides is 1. The van der Waals surface area contributed by atoms with Crippen molar-refractivity contribution in [3.63, 3.8) is 0 Å². The molecule has 0 bridgehead atoms. The van der Waals surface area contributed by atoms with Crippen LogP contribution in [0.2, 0.25) is 10.0 Å². The molecule has 104 valence electrons. The van der Waals surface area contributed by atoms with Gasteiger partial charge in [0.1, 0.15) is 5.82 Å². The highest BCUT2D eigenvalue weighted by Crippen LogP contribution is 2.29. The van der Waals surface area contributed by atoms with Crippen LogP contribution in [0.3, 0.4) is 0 Å². The first-order valence-electron chi connectivity index (χ1n) is 5.56. The van der Waals surface area contributed by atoms with Crippen molar-refractivity contribution in [3.05, 3.63) is 50.0 Å². The molecule has 1 amide bonds. The normalized spacial score (nSPS) is 10.4. The summed E-state index contributed by atoms with van der Waals surface area (Å²) in [7, 11) is 0. The van der Waals surface area contributed by atoms with E-state index in [-0.39, 0.29) is 21.6 Å². The monoisotopic (exact) mass is 373 g/mol. The summed E-state index contributed by atoms with van der Waals surface area (Å²) in [5.74, 6) is 0.121. The first kappa shape index (κ1) is 15.1. The van der Waals surface area contributed by atoms with Crippen LogP contribution in [0.25, 0.3) is 0 Å². The molecular weight excluding hydrogens is 365 g/mol. The minimum Gasteiger partial charge on any atom is -0.397 e. The second-order valence-corrected chi connectivity index (χ2v) is 5.84. The molecule has 0 radical (unpaired) electrons. The maximum atomic E-state index is 12.1. The largest absolute Gasteiger partial charge is 0.397 e. The van der Waals surface area contributed by atoms with Crippen molar-refractivity contribution < 1.29 is 4.79 Å². The summed E-state index contributed by atoms with van der Waals surface area (Å²) >= 11 is 15.1. The highest BCUT2D eigenvalue weighted by atomic mass is 79.9.